The van der Waals surface area contributed by atoms with Crippen molar-refractivity contribution in [3.63, 3.8) is 0 Å². The molecule has 0 saturated carbocycles. The Balaban J connectivity index is 4.01. The second-order valence-electron chi connectivity index (χ2n) is 5.54. The number of rotatable bonds is 7. The van der Waals surface area contributed by atoms with Gasteiger partial charge in [-0.25, -0.2) is 0 Å². The molecule has 0 rings (SSSR count). The van der Waals surface area contributed by atoms with E-state index in [-0.39, 0.29) is 16.9 Å². The first-order valence-electron chi connectivity index (χ1n) is 5.78. The van der Waals surface area contributed by atoms with Crippen molar-refractivity contribution in [3.05, 3.63) is 0 Å². The highest BCUT2D eigenvalue weighted by atomic mass is 16.5. The van der Waals surface area contributed by atoms with Gasteiger partial charge in [-0.3, -0.25) is 0 Å². The SMILES string of the molecule is CCOC(C)(C)[B][B]C(C)(C)CC(C)N. The van der Waals surface area contributed by atoms with Crippen molar-refractivity contribution in [3.8, 4) is 0 Å². The van der Waals surface area contributed by atoms with Gasteiger partial charge in [0.25, 0.3) is 0 Å². The van der Waals surface area contributed by atoms with E-state index < -0.39 is 0 Å². The lowest BCUT2D eigenvalue weighted by Crippen LogP contribution is -2.40. The molecule has 0 aromatic carbocycles. The summed E-state index contributed by atoms with van der Waals surface area (Å²) in [5.74, 6) is 0. The van der Waals surface area contributed by atoms with Crippen LogP contribution in [0.3, 0.4) is 0 Å². The first-order chi connectivity index (χ1) is 6.68. The first kappa shape index (κ1) is 15.0. The van der Waals surface area contributed by atoms with Gasteiger partial charge in [-0.05, 0) is 34.1 Å². The minimum atomic E-state index is -0.177. The third-order valence-electron chi connectivity index (χ3n) is 2.30. The molecule has 1 unspecified atom stereocenters. The lowest BCUT2D eigenvalue weighted by Gasteiger charge is -2.31. The zero-order valence-electron chi connectivity index (χ0n) is 11.1. The Kier molecular flexibility index (Phi) is 5.97. The zero-order valence-corrected chi connectivity index (χ0v) is 11.1. The molecule has 4 heteroatoms. The molecule has 2 nitrogen and oxygen atoms in total. The largest absolute Gasteiger partial charge is 0.386 e. The maximum Gasteiger partial charge on any atom is 0.109 e. The van der Waals surface area contributed by atoms with Crippen LogP contribution in [-0.2, 0) is 4.74 Å². The molecule has 0 heterocycles. The highest BCUT2D eigenvalue weighted by Crippen LogP contribution is 2.29. The van der Waals surface area contributed by atoms with Crippen LogP contribution in [0.4, 0.5) is 0 Å². The number of ether oxygens (including phenoxy) is 1. The molecule has 0 aliphatic rings. The molecule has 0 saturated heterocycles. The number of hydrogen-bond donors (Lipinski definition) is 1. The molecular weight excluding hydrogens is 184 g/mol. The van der Waals surface area contributed by atoms with E-state index in [0.717, 1.165) is 13.0 Å². The average molecular weight is 209 g/mol. The molecular formula is C11H25B2NO. The highest BCUT2D eigenvalue weighted by Gasteiger charge is 2.26. The summed E-state index contributed by atoms with van der Waals surface area (Å²) in [7, 11) is 4.35. The van der Waals surface area contributed by atoms with Crippen LogP contribution in [0.5, 0.6) is 0 Å². The molecule has 0 amide bonds. The Bertz CT molecular complexity index is 181. The Labute approximate surface area is 96.8 Å². The van der Waals surface area contributed by atoms with E-state index in [0.29, 0.717) is 0 Å². The predicted molar refractivity (Wildman–Crippen MR) is 69.5 cm³/mol. The van der Waals surface area contributed by atoms with Crippen LogP contribution < -0.4 is 5.73 Å². The van der Waals surface area contributed by atoms with E-state index in [1.165, 1.54) is 0 Å². The Hall–Kier alpha value is 0.0499. The van der Waals surface area contributed by atoms with E-state index >= 15 is 0 Å². The lowest BCUT2D eigenvalue weighted by molar-refractivity contribution is 0.0542. The van der Waals surface area contributed by atoms with E-state index in [9.17, 15) is 0 Å². The minimum Gasteiger partial charge on any atom is -0.386 e. The fourth-order valence-corrected chi connectivity index (χ4v) is 1.74. The normalized spacial score (nSPS) is 14.9. The van der Waals surface area contributed by atoms with Crippen LogP contribution in [0.1, 0.15) is 48.0 Å². The Morgan fingerprint density at radius 1 is 1.20 bits per heavy atom. The van der Waals surface area contributed by atoms with Gasteiger partial charge >= 0.3 is 0 Å². The smallest absolute Gasteiger partial charge is 0.109 e. The number of nitrogens with two attached hydrogens (primary N) is 1. The molecule has 0 aliphatic carbocycles. The molecule has 0 spiro atoms. The maximum atomic E-state index is 5.81. The van der Waals surface area contributed by atoms with E-state index in [2.05, 4.69) is 42.0 Å². The van der Waals surface area contributed by atoms with Crippen molar-refractivity contribution in [2.24, 2.45) is 5.73 Å². The summed E-state index contributed by atoms with van der Waals surface area (Å²) in [6.45, 7) is 13.4. The summed E-state index contributed by atoms with van der Waals surface area (Å²) in [4.78, 5) is 0. The fourth-order valence-electron chi connectivity index (χ4n) is 1.74. The van der Waals surface area contributed by atoms with Crippen molar-refractivity contribution in [1.82, 2.24) is 0 Å². The van der Waals surface area contributed by atoms with Crippen LogP contribution >= 0.6 is 0 Å². The summed E-state index contributed by atoms with van der Waals surface area (Å²) in [6, 6.07) is 0.236. The van der Waals surface area contributed by atoms with Crippen molar-refractivity contribution >= 4 is 14.3 Å². The van der Waals surface area contributed by atoms with E-state index in [1.54, 1.807) is 0 Å². The Morgan fingerprint density at radius 3 is 2.13 bits per heavy atom. The molecule has 2 N–H and O–H groups in total. The van der Waals surface area contributed by atoms with E-state index in [1.807, 2.05) is 13.8 Å². The second-order valence-corrected chi connectivity index (χ2v) is 5.54. The van der Waals surface area contributed by atoms with Gasteiger partial charge in [-0.15, -0.1) is 0 Å². The summed E-state index contributed by atoms with van der Waals surface area (Å²) >= 11 is 0. The molecule has 0 aromatic rings. The summed E-state index contributed by atoms with van der Waals surface area (Å²) in [6.07, 6.45) is 0.992. The maximum absolute atomic E-state index is 5.81. The summed E-state index contributed by atoms with van der Waals surface area (Å²) in [5.41, 5.74) is 5.63. The minimum absolute atomic E-state index is 0.141. The van der Waals surface area contributed by atoms with Gasteiger partial charge in [-0.2, -0.15) is 0 Å². The van der Waals surface area contributed by atoms with Crippen LogP contribution in [0.2, 0.25) is 5.31 Å². The highest BCUT2D eigenvalue weighted by molar-refractivity contribution is 7.03. The van der Waals surface area contributed by atoms with Gasteiger partial charge in [-0.1, -0.05) is 19.2 Å². The molecule has 0 bridgehead atoms. The quantitative estimate of drug-likeness (QED) is 0.650. The fraction of sp³-hybridized carbons (Fsp3) is 1.00. The number of hydrogen-bond acceptors (Lipinski definition) is 2. The Morgan fingerprint density at radius 2 is 1.73 bits per heavy atom. The molecule has 0 fully saturated rings. The van der Waals surface area contributed by atoms with E-state index in [4.69, 9.17) is 10.5 Å². The van der Waals surface area contributed by atoms with Gasteiger partial charge in [0, 0.05) is 18.1 Å². The first-order valence-corrected chi connectivity index (χ1v) is 5.78. The van der Waals surface area contributed by atoms with Crippen LogP contribution in [0.25, 0.3) is 0 Å². The van der Waals surface area contributed by atoms with Gasteiger partial charge in [0.05, 0.1) is 7.17 Å². The van der Waals surface area contributed by atoms with Gasteiger partial charge < -0.3 is 10.5 Å². The molecule has 15 heavy (non-hydrogen) atoms. The predicted octanol–water partition coefficient (Wildman–Crippen LogP) is 2.02. The third-order valence-corrected chi connectivity index (χ3v) is 2.30. The summed E-state index contributed by atoms with van der Waals surface area (Å²) in [5, 5.41) is 0.141. The van der Waals surface area contributed by atoms with Gasteiger partial charge in [0.15, 0.2) is 0 Å². The topological polar surface area (TPSA) is 35.2 Å². The van der Waals surface area contributed by atoms with Crippen LogP contribution in [0, 0.1) is 0 Å². The standard InChI is InChI=1S/C11H25B2NO/c1-7-15-11(5,6)13-12-10(3,4)8-9(2)14/h9H,7-8,14H2,1-6H3. The average Bonchev–Trinajstić information content (AvgIpc) is 1.99. The van der Waals surface area contributed by atoms with Crippen molar-refractivity contribution < 1.29 is 4.74 Å². The van der Waals surface area contributed by atoms with Gasteiger partial charge in [0.1, 0.15) is 7.17 Å². The van der Waals surface area contributed by atoms with Crippen molar-refractivity contribution in [2.75, 3.05) is 6.61 Å². The van der Waals surface area contributed by atoms with Crippen molar-refractivity contribution in [1.29, 1.82) is 0 Å². The summed E-state index contributed by atoms with van der Waals surface area (Å²) < 4.78 is 5.61. The van der Waals surface area contributed by atoms with Crippen LogP contribution in [0.15, 0.2) is 0 Å². The third kappa shape index (κ3) is 7.92. The molecule has 86 valence electrons. The lowest BCUT2D eigenvalue weighted by atomic mass is 9.24. The van der Waals surface area contributed by atoms with Crippen LogP contribution in [-0.4, -0.2) is 32.5 Å². The van der Waals surface area contributed by atoms with Gasteiger partial charge in [0.2, 0.25) is 0 Å². The molecule has 0 aliphatic heterocycles. The van der Waals surface area contributed by atoms with Crippen molar-refractivity contribution in [2.45, 2.75) is 64.8 Å². The molecule has 0 aromatic heterocycles. The zero-order chi connectivity index (χ0) is 12.1. The second kappa shape index (κ2) is 5.95. The molecule has 1 atom stereocenters. The monoisotopic (exact) mass is 209 g/mol. The molecule has 2 radical (unpaired) electrons.